The van der Waals surface area contributed by atoms with Gasteiger partial charge in [-0.1, -0.05) is 32.4 Å². The molecule has 0 aliphatic carbocycles. The average molecular weight is 222 g/mol. The lowest BCUT2D eigenvalue weighted by molar-refractivity contribution is 0.336. The van der Waals surface area contributed by atoms with Crippen LogP contribution in [0.2, 0.25) is 0 Å². The van der Waals surface area contributed by atoms with Gasteiger partial charge in [-0.25, -0.2) is 4.68 Å². The summed E-state index contributed by atoms with van der Waals surface area (Å²) in [5.74, 6) is 0. The van der Waals surface area contributed by atoms with Crippen LogP contribution in [0.25, 0.3) is 0 Å². The number of hydrogen-bond acceptors (Lipinski definition) is 3. The van der Waals surface area contributed by atoms with Crippen LogP contribution in [0.3, 0.4) is 0 Å². The Morgan fingerprint density at radius 2 is 2.25 bits per heavy atom. The molecule has 0 radical (unpaired) electrons. The molecule has 4 nitrogen and oxygen atoms in total. The second-order valence-corrected chi connectivity index (χ2v) is 5.70. The topological polar surface area (TPSA) is 42.7 Å². The minimum Gasteiger partial charge on any atom is -0.312 e. The highest BCUT2D eigenvalue weighted by atomic mass is 15.4. The third-order valence-corrected chi connectivity index (χ3v) is 3.19. The van der Waals surface area contributed by atoms with E-state index in [1.165, 1.54) is 25.0 Å². The van der Waals surface area contributed by atoms with Crippen molar-refractivity contribution in [1.29, 1.82) is 0 Å². The maximum Gasteiger partial charge on any atom is 0.0730 e. The maximum absolute atomic E-state index is 4.20. The van der Waals surface area contributed by atoms with Gasteiger partial charge in [0.1, 0.15) is 0 Å². The molecule has 0 aromatic carbocycles. The van der Waals surface area contributed by atoms with Crippen LogP contribution in [0.5, 0.6) is 0 Å². The summed E-state index contributed by atoms with van der Waals surface area (Å²) in [5.41, 5.74) is 1.35. The number of piperidine rings is 1. The predicted molar refractivity (Wildman–Crippen MR) is 64.4 cm³/mol. The first-order valence-corrected chi connectivity index (χ1v) is 6.20. The van der Waals surface area contributed by atoms with E-state index in [-0.39, 0.29) is 5.41 Å². The molecule has 1 unspecified atom stereocenters. The third kappa shape index (κ3) is 2.61. The largest absolute Gasteiger partial charge is 0.312 e. The van der Waals surface area contributed by atoms with Gasteiger partial charge in [0, 0.05) is 11.5 Å². The summed E-state index contributed by atoms with van der Waals surface area (Å²) < 4.78 is 2.06. The third-order valence-electron chi connectivity index (χ3n) is 3.19. The van der Waals surface area contributed by atoms with Crippen molar-refractivity contribution in [3.63, 3.8) is 0 Å². The number of rotatable bonds is 2. The van der Waals surface area contributed by atoms with Crippen LogP contribution in [0.15, 0.2) is 6.20 Å². The summed E-state index contributed by atoms with van der Waals surface area (Å²) in [6.07, 6.45) is 5.78. The molecule has 1 aliphatic heterocycles. The molecular formula is C12H22N4. The van der Waals surface area contributed by atoms with Crippen molar-refractivity contribution < 1.29 is 0 Å². The van der Waals surface area contributed by atoms with Crippen molar-refractivity contribution in [2.45, 2.75) is 58.0 Å². The Bertz CT molecular complexity index is 331. The molecule has 0 bridgehead atoms. The van der Waals surface area contributed by atoms with Gasteiger partial charge in [0.2, 0.25) is 0 Å². The number of nitrogens with one attached hydrogen (secondary N) is 1. The molecule has 90 valence electrons. The molecule has 16 heavy (non-hydrogen) atoms. The number of aromatic nitrogens is 3. The zero-order valence-corrected chi connectivity index (χ0v) is 10.5. The molecule has 1 fully saturated rings. The van der Waals surface area contributed by atoms with Crippen LogP contribution in [-0.4, -0.2) is 27.6 Å². The Morgan fingerprint density at radius 1 is 1.44 bits per heavy atom. The Labute approximate surface area is 97.4 Å². The van der Waals surface area contributed by atoms with E-state index in [1.807, 2.05) is 6.20 Å². The summed E-state index contributed by atoms with van der Waals surface area (Å²) in [4.78, 5) is 0. The van der Waals surface area contributed by atoms with Crippen molar-refractivity contribution in [2.24, 2.45) is 0 Å². The van der Waals surface area contributed by atoms with Gasteiger partial charge in [-0.05, 0) is 19.4 Å². The molecule has 1 aliphatic rings. The van der Waals surface area contributed by atoms with Gasteiger partial charge in [-0.2, -0.15) is 0 Å². The quantitative estimate of drug-likeness (QED) is 0.828. The fourth-order valence-corrected chi connectivity index (χ4v) is 2.26. The van der Waals surface area contributed by atoms with Crippen LogP contribution in [0.1, 0.15) is 45.7 Å². The standard InChI is InChI=1S/C12H22N4/c1-12(2,3)11-8-14-15-16(11)9-10-6-4-5-7-13-10/h8,10,13H,4-7,9H2,1-3H3. The van der Waals surface area contributed by atoms with Crippen LogP contribution in [0, 0.1) is 0 Å². The lowest BCUT2D eigenvalue weighted by atomic mass is 9.92. The highest BCUT2D eigenvalue weighted by molar-refractivity contribution is 5.08. The smallest absolute Gasteiger partial charge is 0.0730 e. The van der Waals surface area contributed by atoms with E-state index < -0.39 is 0 Å². The molecule has 1 aromatic heterocycles. The fourth-order valence-electron chi connectivity index (χ4n) is 2.26. The van der Waals surface area contributed by atoms with Gasteiger partial charge in [0.25, 0.3) is 0 Å². The van der Waals surface area contributed by atoms with E-state index in [4.69, 9.17) is 0 Å². The number of hydrogen-bond donors (Lipinski definition) is 1. The molecule has 0 spiro atoms. The minimum atomic E-state index is 0.123. The summed E-state index contributed by atoms with van der Waals surface area (Å²) in [6.45, 7) is 8.71. The van der Waals surface area contributed by atoms with Crippen molar-refractivity contribution in [3.05, 3.63) is 11.9 Å². The molecule has 1 aromatic rings. The first-order valence-electron chi connectivity index (χ1n) is 6.20. The van der Waals surface area contributed by atoms with Gasteiger partial charge in [-0.3, -0.25) is 0 Å². The van der Waals surface area contributed by atoms with Gasteiger partial charge >= 0.3 is 0 Å². The normalized spacial score (nSPS) is 22.3. The molecule has 1 N–H and O–H groups in total. The van der Waals surface area contributed by atoms with E-state index in [9.17, 15) is 0 Å². The molecule has 1 saturated heterocycles. The van der Waals surface area contributed by atoms with Crippen molar-refractivity contribution in [3.8, 4) is 0 Å². The van der Waals surface area contributed by atoms with Crippen LogP contribution in [-0.2, 0) is 12.0 Å². The lowest BCUT2D eigenvalue weighted by Gasteiger charge is -2.26. The SMILES string of the molecule is CC(C)(C)c1cnnn1CC1CCCCN1. The summed E-state index contributed by atoms with van der Waals surface area (Å²) in [7, 11) is 0. The fraction of sp³-hybridized carbons (Fsp3) is 0.833. The molecule has 2 heterocycles. The van der Waals surface area contributed by atoms with Crippen molar-refractivity contribution >= 4 is 0 Å². The van der Waals surface area contributed by atoms with E-state index in [2.05, 4.69) is 41.1 Å². The molecular weight excluding hydrogens is 200 g/mol. The molecule has 1 atom stereocenters. The molecule has 0 saturated carbocycles. The molecule has 2 rings (SSSR count). The Kier molecular flexibility index (Phi) is 3.28. The van der Waals surface area contributed by atoms with Gasteiger partial charge in [-0.15, -0.1) is 5.10 Å². The highest BCUT2D eigenvalue weighted by Gasteiger charge is 2.22. The van der Waals surface area contributed by atoms with Crippen molar-refractivity contribution in [2.75, 3.05) is 6.54 Å². The second-order valence-electron chi connectivity index (χ2n) is 5.70. The Morgan fingerprint density at radius 3 is 2.88 bits per heavy atom. The van der Waals surface area contributed by atoms with Gasteiger partial charge in [0.05, 0.1) is 18.4 Å². The van der Waals surface area contributed by atoms with E-state index >= 15 is 0 Å². The van der Waals surface area contributed by atoms with E-state index in [1.54, 1.807) is 0 Å². The average Bonchev–Trinajstić information content (AvgIpc) is 2.67. The first-order chi connectivity index (χ1) is 7.57. The first kappa shape index (κ1) is 11.6. The van der Waals surface area contributed by atoms with E-state index in [0.29, 0.717) is 6.04 Å². The predicted octanol–water partition coefficient (Wildman–Crippen LogP) is 1.72. The summed E-state index contributed by atoms with van der Waals surface area (Å²) >= 11 is 0. The maximum atomic E-state index is 4.20. The zero-order chi connectivity index (χ0) is 11.6. The molecule has 0 amide bonds. The Hall–Kier alpha value is -0.900. The van der Waals surface area contributed by atoms with Crippen LogP contribution >= 0.6 is 0 Å². The molecule has 4 heteroatoms. The van der Waals surface area contributed by atoms with E-state index in [0.717, 1.165) is 13.1 Å². The lowest BCUT2D eigenvalue weighted by Crippen LogP contribution is -2.38. The second kappa shape index (κ2) is 4.53. The Balaban J connectivity index is 2.06. The minimum absolute atomic E-state index is 0.123. The monoisotopic (exact) mass is 222 g/mol. The van der Waals surface area contributed by atoms with Gasteiger partial charge in [0.15, 0.2) is 0 Å². The number of nitrogens with zero attached hydrogens (tertiary/aromatic N) is 3. The summed E-state index contributed by atoms with van der Waals surface area (Å²) in [5, 5.41) is 11.8. The highest BCUT2D eigenvalue weighted by Crippen LogP contribution is 2.21. The van der Waals surface area contributed by atoms with Crippen molar-refractivity contribution in [1.82, 2.24) is 20.3 Å². The van der Waals surface area contributed by atoms with Crippen LogP contribution < -0.4 is 5.32 Å². The van der Waals surface area contributed by atoms with Gasteiger partial charge < -0.3 is 5.32 Å². The van der Waals surface area contributed by atoms with Crippen LogP contribution in [0.4, 0.5) is 0 Å². The zero-order valence-electron chi connectivity index (χ0n) is 10.5. The summed E-state index contributed by atoms with van der Waals surface area (Å²) in [6, 6.07) is 0.566.